The summed E-state index contributed by atoms with van der Waals surface area (Å²) in [5.74, 6) is -2.22. The first-order valence-electron chi connectivity index (χ1n) is 15.1. The van der Waals surface area contributed by atoms with Gasteiger partial charge in [0.15, 0.2) is 23.5 Å². The van der Waals surface area contributed by atoms with E-state index in [1.54, 1.807) is 0 Å². The maximum atomic E-state index is 13.3. The second-order valence-electron chi connectivity index (χ2n) is 10.2. The molecule has 2 aromatic carbocycles. The third-order valence-electron chi connectivity index (χ3n) is 6.59. The van der Waals surface area contributed by atoms with Gasteiger partial charge in [0.25, 0.3) is 0 Å². The summed E-state index contributed by atoms with van der Waals surface area (Å²) in [6, 6.07) is 5.91. The molecule has 0 bridgehead atoms. The maximum absolute atomic E-state index is 13.3. The highest BCUT2D eigenvalue weighted by molar-refractivity contribution is 5.88. The van der Waals surface area contributed by atoms with Crippen LogP contribution >= 0.6 is 0 Å². The molecule has 0 saturated heterocycles. The Morgan fingerprint density at radius 1 is 0.711 bits per heavy atom. The molecule has 0 aliphatic carbocycles. The van der Waals surface area contributed by atoms with E-state index in [-0.39, 0.29) is 46.0 Å². The van der Waals surface area contributed by atoms with E-state index in [2.05, 4.69) is 67.7 Å². The lowest BCUT2D eigenvalue weighted by Gasteiger charge is -2.16. The number of rotatable bonds is 17. The van der Waals surface area contributed by atoms with Gasteiger partial charge in [0.1, 0.15) is 22.5 Å². The van der Waals surface area contributed by atoms with Crippen molar-refractivity contribution in [3.63, 3.8) is 0 Å². The number of aliphatic hydroxyl groups excluding tert-OH is 1. The van der Waals surface area contributed by atoms with E-state index in [1.807, 2.05) is 12.2 Å². The molecule has 238 valence electrons. The monoisotopic (exact) mass is 614 g/mol. The molecule has 3 aromatic rings. The molecule has 8 nitrogen and oxygen atoms in total. The lowest BCUT2D eigenvalue weighted by Crippen LogP contribution is -2.20. The summed E-state index contributed by atoms with van der Waals surface area (Å²) in [6.07, 6.45) is 30.1. The van der Waals surface area contributed by atoms with Crippen LogP contribution in [0.5, 0.6) is 28.7 Å². The number of aromatic hydroxyl groups is 4. The zero-order valence-corrected chi connectivity index (χ0v) is 25.5. The Morgan fingerprint density at radius 2 is 1.27 bits per heavy atom. The van der Waals surface area contributed by atoms with E-state index in [1.165, 1.54) is 18.2 Å². The predicted molar refractivity (Wildman–Crippen MR) is 179 cm³/mol. The number of hydrogen-bond acceptors (Lipinski definition) is 8. The van der Waals surface area contributed by atoms with Gasteiger partial charge in [-0.05, 0) is 63.1 Å². The van der Waals surface area contributed by atoms with Gasteiger partial charge in [-0.2, -0.15) is 0 Å². The van der Waals surface area contributed by atoms with Crippen molar-refractivity contribution in [2.24, 2.45) is 0 Å². The Hall–Kier alpha value is -4.95. The van der Waals surface area contributed by atoms with Crippen LogP contribution < -0.4 is 10.2 Å². The standard InChI is InChI=1S/C37H42O8/c1-2-3-4-5-6-7-8-9-10-11-12-13-14-15-16-17-18-19-20-21-33(42)45-37-35(43)34-31(41)25-28(38)26-32(34)44-36(37)27-22-23-29(39)30(40)24-27/h3-4,6-7,9-10,12-13,15-16,18-19,22-26,33,38-42H,2,5,8,11,14,17,20-21H2,1H3. The summed E-state index contributed by atoms with van der Waals surface area (Å²) in [7, 11) is 0. The molecular formula is C37H42O8. The van der Waals surface area contributed by atoms with Crippen LogP contribution in [0.4, 0.5) is 0 Å². The fraction of sp³-hybridized carbons (Fsp3) is 0.270. The van der Waals surface area contributed by atoms with Crippen molar-refractivity contribution in [2.45, 2.75) is 64.6 Å². The average Bonchev–Trinajstić information content (AvgIpc) is 3.00. The van der Waals surface area contributed by atoms with Crippen molar-refractivity contribution < 1.29 is 34.7 Å². The van der Waals surface area contributed by atoms with Gasteiger partial charge in [0.2, 0.25) is 11.2 Å². The lowest BCUT2D eigenvalue weighted by atomic mass is 10.1. The van der Waals surface area contributed by atoms with Gasteiger partial charge < -0.3 is 34.7 Å². The van der Waals surface area contributed by atoms with Gasteiger partial charge in [-0.3, -0.25) is 4.79 Å². The number of ether oxygens (including phenoxy) is 1. The minimum Gasteiger partial charge on any atom is -0.508 e. The molecule has 1 atom stereocenters. The molecular weight excluding hydrogens is 572 g/mol. The third kappa shape index (κ3) is 11.2. The summed E-state index contributed by atoms with van der Waals surface area (Å²) in [5, 5.41) is 50.1. The third-order valence-corrected chi connectivity index (χ3v) is 6.59. The zero-order valence-electron chi connectivity index (χ0n) is 25.5. The van der Waals surface area contributed by atoms with Crippen LogP contribution in [0.1, 0.15) is 58.3 Å². The molecule has 5 N–H and O–H groups in total. The van der Waals surface area contributed by atoms with Crippen molar-refractivity contribution in [3.05, 3.63) is 113 Å². The highest BCUT2D eigenvalue weighted by Gasteiger charge is 2.23. The fourth-order valence-electron chi connectivity index (χ4n) is 4.30. The molecule has 3 rings (SSSR count). The van der Waals surface area contributed by atoms with Crippen molar-refractivity contribution >= 4 is 11.0 Å². The second kappa shape index (κ2) is 18.7. The van der Waals surface area contributed by atoms with Gasteiger partial charge >= 0.3 is 0 Å². The molecule has 0 saturated carbocycles. The van der Waals surface area contributed by atoms with Gasteiger partial charge in [-0.15, -0.1) is 0 Å². The van der Waals surface area contributed by atoms with Crippen LogP contribution in [0.2, 0.25) is 0 Å². The van der Waals surface area contributed by atoms with E-state index in [0.717, 1.165) is 50.7 Å². The molecule has 0 aliphatic rings. The topological polar surface area (TPSA) is 141 Å². The second-order valence-corrected chi connectivity index (χ2v) is 10.2. The van der Waals surface area contributed by atoms with E-state index >= 15 is 0 Å². The van der Waals surface area contributed by atoms with Crippen molar-refractivity contribution in [3.8, 4) is 40.1 Å². The molecule has 0 aliphatic heterocycles. The highest BCUT2D eigenvalue weighted by atomic mass is 16.6. The van der Waals surface area contributed by atoms with Crippen LogP contribution in [0, 0.1) is 0 Å². The first-order valence-corrected chi connectivity index (χ1v) is 15.1. The predicted octanol–water partition coefficient (Wildman–Crippen LogP) is 8.46. The van der Waals surface area contributed by atoms with Crippen LogP contribution in [-0.4, -0.2) is 31.8 Å². The Bertz CT molecular complexity index is 1620. The number of fused-ring (bicyclic) bond motifs is 1. The van der Waals surface area contributed by atoms with Gasteiger partial charge in [-0.25, -0.2) is 0 Å². The summed E-state index contributed by atoms with van der Waals surface area (Å²) in [6.45, 7) is 2.13. The van der Waals surface area contributed by atoms with Gasteiger partial charge in [0, 0.05) is 24.1 Å². The number of hydrogen-bond donors (Lipinski definition) is 5. The van der Waals surface area contributed by atoms with Crippen molar-refractivity contribution in [1.82, 2.24) is 0 Å². The molecule has 1 aromatic heterocycles. The van der Waals surface area contributed by atoms with Crippen molar-refractivity contribution in [2.75, 3.05) is 0 Å². The van der Waals surface area contributed by atoms with Gasteiger partial charge in [-0.1, -0.05) is 79.8 Å². The SMILES string of the molecule is CCC=CCC=CCC=CCC=CCC=CCC=CCCC(O)Oc1c(-c2ccc(O)c(O)c2)oc2cc(O)cc(O)c2c1=O. The van der Waals surface area contributed by atoms with Crippen molar-refractivity contribution in [1.29, 1.82) is 0 Å². The van der Waals surface area contributed by atoms with Gasteiger partial charge in [0.05, 0.1) is 0 Å². The molecule has 1 heterocycles. The van der Waals surface area contributed by atoms with E-state index in [4.69, 9.17) is 9.15 Å². The van der Waals surface area contributed by atoms with E-state index in [9.17, 15) is 30.3 Å². The molecule has 1 unspecified atom stereocenters. The molecule has 0 radical (unpaired) electrons. The number of phenols is 4. The molecule has 0 spiro atoms. The largest absolute Gasteiger partial charge is 0.508 e. The first kappa shape index (κ1) is 34.5. The maximum Gasteiger partial charge on any atom is 0.239 e. The van der Waals surface area contributed by atoms with Crippen LogP contribution in [0.25, 0.3) is 22.3 Å². The molecule has 8 heteroatoms. The minimum atomic E-state index is -1.38. The number of benzene rings is 2. The summed E-state index contributed by atoms with van der Waals surface area (Å²) in [5.41, 5.74) is -0.726. The Kier molecular flexibility index (Phi) is 14.3. The Labute approximate surface area is 263 Å². The van der Waals surface area contributed by atoms with Crippen LogP contribution in [-0.2, 0) is 0 Å². The fourth-order valence-corrected chi connectivity index (χ4v) is 4.30. The normalized spacial score (nSPS) is 13.2. The van der Waals surface area contributed by atoms with E-state index in [0.29, 0.717) is 6.42 Å². The molecule has 0 fully saturated rings. The smallest absolute Gasteiger partial charge is 0.239 e. The lowest BCUT2D eigenvalue weighted by molar-refractivity contribution is -0.0232. The highest BCUT2D eigenvalue weighted by Crippen LogP contribution is 2.38. The average molecular weight is 615 g/mol. The summed E-state index contributed by atoms with van der Waals surface area (Å²) < 4.78 is 11.4. The quantitative estimate of drug-likeness (QED) is 0.0579. The zero-order chi connectivity index (χ0) is 32.4. The number of allylic oxidation sites excluding steroid dienone is 12. The first-order chi connectivity index (χ1) is 21.8. The Morgan fingerprint density at radius 3 is 1.82 bits per heavy atom. The Balaban J connectivity index is 1.49. The van der Waals surface area contributed by atoms with Crippen LogP contribution in [0.15, 0.2) is 112 Å². The summed E-state index contributed by atoms with van der Waals surface area (Å²) in [4.78, 5) is 13.3. The summed E-state index contributed by atoms with van der Waals surface area (Å²) >= 11 is 0. The van der Waals surface area contributed by atoms with E-state index < -0.39 is 23.2 Å². The number of aliphatic hydroxyl groups is 1. The minimum absolute atomic E-state index is 0.125. The molecule has 0 amide bonds. The molecule has 45 heavy (non-hydrogen) atoms. The van der Waals surface area contributed by atoms with Crippen LogP contribution in [0.3, 0.4) is 0 Å². The number of phenolic OH excluding ortho intramolecular Hbond substituents is 4.